The molecule has 0 radical (unpaired) electrons. The molecule has 18 heavy (non-hydrogen) atoms. The number of rotatable bonds is 5. The van der Waals surface area contributed by atoms with Crippen molar-refractivity contribution in [1.29, 1.82) is 0 Å². The zero-order valence-corrected chi connectivity index (χ0v) is 12.1. The van der Waals surface area contributed by atoms with E-state index < -0.39 is 0 Å². The largest absolute Gasteiger partial charge is 0.416 e. The molecule has 0 unspecified atom stereocenters. The first-order valence-corrected chi connectivity index (χ1v) is 7.32. The van der Waals surface area contributed by atoms with E-state index >= 15 is 0 Å². The van der Waals surface area contributed by atoms with Crippen LogP contribution in [0, 0.1) is 0 Å². The fraction of sp³-hybridized carbons (Fsp3) is 0.333. The molecule has 2 rings (SSSR count). The van der Waals surface area contributed by atoms with Crippen LogP contribution in [0.2, 0.25) is 10.0 Å². The zero-order valence-electron chi connectivity index (χ0n) is 9.82. The van der Waals surface area contributed by atoms with Gasteiger partial charge in [0.25, 0.3) is 5.22 Å². The Morgan fingerprint density at radius 2 is 2.11 bits per heavy atom. The highest BCUT2D eigenvalue weighted by molar-refractivity contribution is 7.98. The van der Waals surface area contributed by atoms with Crippen LogP contribution in [0.1, 0.15) is 24.8 Å². The molecule has 0 aliphatic carbocycles. The monoisotopic (exact) mass is 302 g/mol. The Morgan fingerprint density at radius 1 is 1.28 bits per heavy atom. The van der Waals surface area contributed by atoms with Crippen LogP contribution in [0.15, 0.2) is 27.8 Å². The molecule has 0 fully saturated rings. The van der Waals surface area contributed by atoms with Crippen molar-refractivity contribution in [3.8, 4) is 0 Å². The van der Waals surface area contributed by atoms with Gasteiger partial charge in [-0.2, -0.15) is 0 Å². The van der Waals surface area contributed by atoms with Gasteiger partial charge in [-0.05, 0) is 24.1 Å². The Balaban J connectivity index is 1.97. The van der Waals surface area contributed by atoms with Crippen LogP contribution in [-0.2, 0) is 12.2 Å². The second-order valence-electron chi connectivity index (χ2n) is 3.74. The van der Waals surface area contributed by atoms with E-state index in [0.29, 0.717) is 26.9 Å². The summed E-state index contributed by atoms with van der Waals surface area (Å²) < 4.78 is 5.48. The lowest BCUT2D eigenvalue weighted by molar-refractivity contribution is 0.411. The fourth-order valence-electron chi connectivity index (χ4n) is 1.39. The molecule has 0 spiro atoms. The van der Waals surface area contributed by atoms with E-state index in [1.165, 1.54) is 11.8 Å². The van der Waals surface area contributed by atoms with Gasteiger partial charge in [0.2, 0.25) is 5.89 Å². The Morgan fingerprint density at radius 3 is 2.83 bits per heavy atom. The van der Waals surface area contributed by atoms with Gasteiger partial charge in [0.05, 0.1) is 0 Å². The number of hydrogen-bond acceptors (Lipinski definition) is 4. The maximum atomic E-state index is 6.09. The lowest BCUT2D eigenvalue weighted by Crippen LogP contribution is -1.82. The number of hydrogen-bond donors (Lipinski definition) is 0. The zero-order chi connectivity index (χ0) is 13.0. The van der Waals surface area contributed by atoms with Gasteiger partial charge in [0, 0.05) is 22.2 Å². The average Bonchev–Trinajstić information content (AvgIpc) is 2.76. The first kappa shape index (κ1) is 13.7. The SMILES string of the molecule is CCCc1nnc(SCc2ccc(Cl)cc2Cl)o1. The molecule has 1 aromatic carbocycles. The summed E-state index contributed by atoms with van der Waals surface area (Å²) >= 11 is 13.4. The first-order chi connectivity index (χ1) is 8.69. The molecular formula is C12H12Cl2N2OS. The topological polar surface area (TPSA) is 38.9 Å². The summed E-state index contributed by atoms with van der Waals surface area (Å²) in [6, 6.07) is 5.45. The van der Waals surface area contributed by atoms with E-state index in [0.717, 1.165) is 18.4 Å². The van der Waals surface area contributed by atoms with Gasteiger partial charge in [-0.1, -0.05) is 48.0 Å². The molecule has 1 aromatic heterocycles. The third kappa shape index (κ3) is 3.64. The quantitative estimate of drug-likeness (QED) is 0.755. The predicted molar refractivity (Wildman–Crippen MR) is 74.3 cm³/mol. The van der Waals surface area contributed by atoms with E-state index in [4.69, 9.17) is 27.6 Å². The number of thioether (sulfide) groups is 1. The molecule has 6 heteroatoms. The maximum absolute atomic E-state index is 6.09. The summed E-state index contributed by atoms with van der Waals surface area (Å²) in [7, 11) is 0. The Bertz CT molecular complexity index is 531. The van der Waals surface area contributed by atoms with Crippen LogP contribution in [0.3, 0.4) is 0 Å². The first-order valence-electron chi connectivity index (χ1n) is 5.58. The molecule has 0 aliphatic heterocycles. The van der Waals surface area contributed by atoms with Gasteiger partial charge in [-0.15, -0.1) is 10.2 Å². The summed E-state index contributed by atoms with van der Waals surface area (Å²) in [4.78, 5) is 0. The van der Waals surface area contributed by atoms with Crippen molar-refractivity contribution in [2.75, 3.05) is 0 Å². The van der Waals surface area contributed by atoms with Gasteiger partial charge in [0.15, 0.2) is 0 Å². The molecule has 0 aliphatic rings. The van der Waals surface area contributed by atoms with Crippen molar-refractivity contribution in [3.63, 3.8) is 0 Å². The lowest BCUT2D eigenvalue weighted by atomic mass is 10.2. The second kappa shape index (κ2) is 6.45. The third-order valence-electron chi connectivity index (χ3n) is 2.28. The van der Waals surface area contributed by atoms with Gasteiger partial charge in [-0.25, -0.2) is 0 Å². The molecule has 1 heterocycles. The highest BCUT2D eigenvalue weighted by Crippen LogP contribution is 2.27. The number of benzene rings is 1. The number of aryl methyl sites for hydroxylation is 1. The van der Waals surface area contributed by atoms with Gasteiger partial charge >= 0.3 is 0 Å². The van der Waals surface area contributed by atoms with Crippen LogP contribution in [0.25, 0.3) is 0 Å². The van der Waals surface area contributed by atoms with Crippen LogP contribution in [0.5, 0.6) is 0 Å². The van der Waals surface area contributed by atoms with Crippen molar-refractivity contribution in [1.82, 2.24) is 10.2 Å². The van der Waals surface area contributed by atoms with Crippen LogP contribution in [-0.4, -0.2) is 10.2 Å². The normalized spacial score (nSPS) is 10.8. The summed E-state index contributed by atoms with van der Waals surface area (Å²) in [5, 5.41) is 9.80. The molecule has 0 atom stereocenters. The van der Waals surface area contributed by atoms with E-state index in [1.54, 1.807) is 6.07 Å². The summed E-state index contributed by atoms with van der Waals surface area (Å²) in [5.41, 5.74) is 1.00. The van der Waals surface area contributed by atoms with Crippen LogP contribution < -0.4 is 0 Å². The Labute approximate surface area is 120 Å². The van der Waals surface area contributed by atoms with Gasteiger partial charge in [0.1, 0.15) is 0 Å². The molecule has 0 saturated carbocycles. The van der Waals surface area contributed by atoms with Crippen molar-refractivity contribution in [3.05, 3.63) is 39.7 Å². The van der Waals surface area contributed by atoms with E-state index in [-0.39, 0.29) is 0 Å². The van der Waals surface area contributed by atoms with E-state index in [9.17, 15) is 0 Å². The Hall–Kier alpha value is -0.710. The smallest absolute Gasteiger partial charge is 0.276 e. The number of halogens is 2. The molecule has 0 amide bonds. The third-order valence-corrected chi connectivity index (χ3v) is 3.73. The van der Waals surface area contributed by atoms with E-state index in [2.05, 4.69) is 17.1 Å². The molecule has 96 valence electrons. The fourth-order valence-corrected chi connectivity index (χ4v) is 2.73. The minimum absolute atomic E-state index is 0.574. The molecule has 0 saturated heterocycles. The molecular weight excluding hydrogens is 291 g/mol. The summed E-state index contributed by atoms with van der Waals surface area (Å²) in [5.74, 6) is 1.37. The average molecular weight is 303 g/mol. The summed E-state index contributed by atoms with van der Waals surface area (Å²) in [6.07, 6.45) is 1.81. The summed E-state index contributed by atoms with van der Waals surface area (Å²) in [6.45, 7) is 2.07. The second-order valence-corrected chi connectivity index (χ2v) is 5.51. The number of nitrogens with zero attached hydrogens (tertiary/aromatic N) is 2. The van der Waals surface area contributed by atoms with Crippen molar-refractivity contribution in [2.45, 2.75) is 30.7 Å². The molecule has 3 nitrogen and oxygen atoms in total. The standard InChI is InChI=1S/C12H12Cl2N2OS/c1-2-3-11-15-16-12(17-11)18-7-8-4-5-9(13)6-10(8)14/h4-6H,2-3,7H2,1H3. The van der Waals surface area contributed by atoms with Crippen LogP contribution in [0.4, 0.5) is 0 Å². The highest BCUT2D eigenvalue weighted by atomic mass is 35.5. The minimum atomic E-state index is 0.574. The van der Waals surface area contributed by atoms with Crippen molar-refractivity contribution < 1.29 is 4.42 Å². The molecule has 0 bridgehead atoms. The Kier molecular flexibility index (Phi) is 4.92. The van der Waals surface area contributed by atoms with Crippen LogP contribution >= 0.6 is 35.0 Å². The highest BCUT2D eigenvalue weighted by Gasteiger charge is 2.08. The lowest BCUT2D eigenvalue weighted by Gasteiger charge is -2.02. The number of aromatic nitrogens is 2. The maximum Gasteiger partial charge on any atom is 0.276 e. The van der Waals surface area contributed by atoms with E-state index in [1.807, 2.05) is 12.1 Å². The predicted octanol–water partition coefficient (Wildman–Crippen LogP) is 4.62. The minimum Gasteiger partial charge on any atom is -0.416 e. The van der Waals surface area contributed by atoms with Crippen molar-refractivity contribution >= 4 is 35.0 Å². The molecule has 0 N–H and O–H groups in total. The van der Waals surface area contributed by atoms with Crippen molar-refractivity contribution in [2.24, 2.45) is 0 Å². The molecule has 2 aromatic rings. The van der Waals surface area contributed by atoms with Gasteiger partial charge < -0.3 is 4.42 Å². The van der Waals surface area contributed by atoms with Gasteiger partial charge in [-0.3, -0.25) is 0 Å².